The molecule has 0 aliphatic carbocycles. The summed E-state index contributed by atoms with van der Waals surface area (Å²) in [6, 6.07) is 22.9. The van der Waals surface area contributed by atoms with E-state index in [2.05, 4.69) is 47.4 Å². The molecule has 31 heavy (non-hydrogen) atoms. The van der Waals surface area contributed by atoms with Crippen molar-refractivity contribution in [2.75, 3.05) is 26.3 Å². The molecule has 0 saturated carbocycles. The first-order valence-electron chi connectivity index (χ1n) is 11.2. The van der Waals surface area contributed by atoms with Crippen molar-refractivity contribution in [3.8, 4) is 33.8 Å². The minimum atomic E-state index is -0.235. The van der Waals surface area contributed by atoms with E-state index in [1.165, 1.54) is 11.1 Å². The van der Waals surface area contributed by atoms with E-state index in [0.29, 0.717) is 19.8 Å². The Labute approximate surface area is 185 Å². The summed E-state index contributed by atoms with van der Waals surface area (Å²) in [6.07, 6.45) is 0.596. The van der Waals surface area contributed by atoms with Crippen molar-refractivity contribution in [2.45, 2.75) is 32.9 Å². The molecule has 0 aromatic heterocycles. The van der Waals surface area contributed by atoms with Crippen LogP contribution in [0.2, 0.25) is 0 Å². The third-order valence-corrected chi connectivity index (χ3v) is 5.73. The lowest BCUT2D eigenvalue weighted by atomic mass is 9.89. The van der Waals surface area contributed by atoms with Gasteiger partial charge >= 0.3 is 0 Å². The van der Waals surface area contributed by atoms with Crippen molar-refractivity contribution < 1.29 is 14.6 Å². The largest absolute Gasteiger partial charge is 0.493 e. The third-order valence-electron chi connectivity index (χ3n) is 5.73. The molecule has 0 amide bonds. The minimum absolute atomic E-state index is 0.235. The fraction of sp³-hybridized carbons (Fsp3) is 0.333. The third kappa shape index (κ3) is 4.76. The van der Waals surface area contributed by atoms with Gasteiger partial charge in [-0.2, -0.15) is 0 Å². The highest BCUT2D eigenvalue weighted by molar-refractivity contribution is 5.90. The summed E-state index contributed by atoms with van der Waals surface area (Å²) in [5.74, 6) is 1.77. The molecule has 4 heteroatoms. The highest BCUT2D eigenvalue weighted by Gasteiger charge is 2.23. The summed E-state index contributed by atoms with van der Waals surface area (Å²) in [4.78, 5) is 2.32. The van der Waals surface area contributed by atoms with E-state index in [1.54, 1.807) is 0 Å². The molecule has 3 aromatic rings. The van der Waals surface area contributed by atoms with Gasteiger partial charge in [0.15, 0.2) is 0 Å². The zero-order valence-electron chi connectivity index (χ0n) is 18.4. The fourth-order valence-electron chi connectivity index (χ4n) is 4.40. The molecule has 0 bridgehead atoms. The van der Waals surface area contributed by atoms with E-state index >= 15 is 0 Å². The SMILES string of the molecule is CCOc1ccccc1-c1cccc(CN2CCC(O)C2)c1-c1ccccc1OCC. The van der Waals surface area contributed by atoms with Crippen LogP contribution >= 0.6 is 0 Å². The summed E-state index contributed by atoms with van der Waals surface area (Å²) >= 11 is 0. The molecule has 1 aliphatic rings. The molecular formula is C27H31NO3. The maximum absolute atomic E-state index is 10.0. The maximum Gasteiger partial charge on any atom is 0.127 e. The van der Waals surface area contributed by atoms with E-state index < -0.39 is 0 Å². The maximum atomic E-state index is 10.0. The topological polar surface area (TPSA) is 41.9 Å². The molecule has 1 unspecified atom stereocenters. The Balaban J connectivity index is 1.89. The van der Waals surface area contributed by atoms with Crippen LogP contribution in [0.4, 0.5) is 0 Å². The Bertz CT molecular complexity index is 1020. The van der Waals surface area contributed by atoms with Gasteiger partial charge in [0.25, 0.3) is 0 Å². The van der Waals surface area contributed by atoms with Crippen LogP contribution in [0.5, 0.6) is 11.5 Å². The van der Waals surface area contributed by atoms with Crippen LogP contribution < -0.4 is 9.47 Å². The van der Waals surface area contributed by atoms with Gasteiger partial charge in [0.2, 0.25) is 0 Å². The zero-order chi connectivity index (χ0) is 21.6. The Hall–Kier alpha value is -2.82. The van der Waals surface area contributed by atoms with Crippen molar-refractivity contribution in [2.24, 2.45) is 0 Å². The second-order valence-electron chi connectivity index (χ2n) is 7.88. The van der Waals surface area contributed by atoms with Crippen LogP contribution in [0.25, 0.3) is 22.3 Å². The number of aliphatic hydroxyl groups is 1. The van der Waals surface area contributed by atoms with Gasteiger partial charge in [0, 0.05) is 30.8 Å². The summed E-state index contributed by atoms with van der Waals surface area (Å²) in [5.41, 5.74) is 5.69. The van der Waals surface area contributed by atoms with E-state index in [4.69, 9.17) is 9.47 Å². The second-order valence-corrected chi connectivity index (χ2v) is 7.88. The Morgan fingerprint density at radius 2 is 1.42 bits per heavy atom. The van der Waals surface area contributed by atoms with Crippen molar-refractivity contribution in [1.82, 2.24) is 4.90 Å². The normalized spacial score (nSPS) is 16.4. The van der Waals surface area contributed by atoms with E-state index in [-0.39, 0.29) is 6.10 Å². The van der Waals surface area contributed by atoms with E-state index in [9.17, 15) is 5.11 Å². The Morgan fingerprint density at radius 1 is 0.806 bits per heavy atom. The standard InChI is InChI=1S/C27H31NO3/c1-3-30-25-14-7-5-11-22(25)23-13-9-10-20(18-28-17-16-21(29)19-28)27(23)24-12-6-8-15-26(24)31-4-2/h5-15,21,29H,3-4,16-19H2,1-2H3. The molecule has 162 valence electrons. The molecule has 1 N–H and O–H groups in total. The smallest absolute Gasteiger partial charge is 0.127 e. The quantitative estimate of drug-likeness (QED) is 0.534. The predicted octanol–water partition coefficient (Wildman–Crippen LogP) is 5.38. The van der Waals surface area contributed by atoms with E-state index in [1.807, 2.05) is 38.1 Å². The molecule has 3 aromatic carbocycles. The van der Waals surface area contributed by atoms with Crippen LogP contribution in [0, 0.1) is 0 Å². The van der Waals surface area contributed by atoms with Crippen LogP contribution in [0.1, 0.15) is 25.8 Å². The van der Waals surface area contributed by atoms with Gasteiger partial charge < -0.3 is 14.6 Å². The zero-order valence-corrected chi connectivity index (χ0v) is 18.4. The lowest BCUT2D eigenvalue weighted by molar-refractivity contribution is 0.175. The number of hydrogen-bond donors (Lipinski definition) is 1. The fourth-order valence-corrected chi connectivity index (χ4v) is 4.40. The first-order valence-corrected chi connectivity index (χ1v) is 11.2. The summed E-state index contributed by atoms with van der Waals surface area (Å²) in [5, 5.41) is 10.0. The summed E-state index contributed by atoms with van der Waals surface area (Å²) < 4.78 is 12.0. The molecule has 1 fully saturated rings. The van der Waals surface area contributed by atoms with Gasteiger partial charge in [0.1, 0.15) is 11.5 Å². The van der Waals surface area contributed by atoms with Crippen LogP contribution in [-0.4, -0.2) is 42.4 Å². The molecule has 4 rings (SSSR count). The number of nitrogens with zero attached hydrogens (tertiary/aromatic N) is 1. The van der Waals surface area contributed by atoms with Crippen LogP contribution in [0.3, 0.4) is 0 Å². The van der Waals surface area contributed by atoms with Crippen molar-refractivity contribution >= 4 is 0 Å². The number of rotatable bonds is 8. The average Bonchev–Trinajstić information content (AvgIpc) is 3.20. The van der Waals surface area contributed by atoms with Crippen molar-refractivity contribution in [3.05, 3.63) is 72.3 Å². The molecule has 1 saturated heterocycles. The molecule has 1 atom stereocenters. The second kappa shape index (κ2) is 9.99. The van der Waals surface area contributed by atoms with E-state index in [0.717, 1.165) is 47.7 Å². The molecule has 4 nitrogen and oxygen atoms in total. The molecule has 1 aliphatic heterocycles. The molecule has 0 radical (unpaired) electrons. The number of β-amino-alcohol motifs (C(OH)–C–C–N with tert-alkyl or cyclic N) is 1. The average molecular weight is 418 g/mol. The minimum Gasteiger partial charge on any atom is -0.493 e. The lowest BCUT2D eigenvalue weighted by Crippen LogP contribution is -2.22. The summed E-state index contributed by atoms with van der Waals surface area (Å²) in [6.45, 7) is 7.67. The van der Waals surface area contributed by atoms with Gasteiger partial charge in [0.05, 0.1) is 19.3 Å². The number of likely N-dealkylation sites (tertiary alicyclic amines) is 1. The first-order chi connectivity index (χ1) is 15.2. The molecular weight excluding hydrogens is 386 g/mol. The molecule has 1 heterocycles. The van der Waals surface area contributed by atoms with Gasteiger partial charge in [-0.3, -0.25) is 4.90 Å². The predicted molar refractivity (Wildman–Crippen MR) is 126 cm³/mol. The lowest BCUT2D eigenvalue weighted by Gasteiger charge is -2.22. The Morgan fingerprint density at radius 3 is 2.06 bits per heavy atom. The highest BCUT2D eigenvalue weighted by atomic mass is 16.5. The van der Waals surface area contributed by atoms with Gasteiger partial charge in [-0.25, -0.2) is 0 Å². The first kappa shape index (κ1) is 21.4. The van der Waals surface area contributed by atoms with Gasteiger partial charge in [-0.05, 0) is 49.1 Å². The number of para-hydroxylation sites is 2. The number of hydrogen-bond acceptors (Lipinski definition) is 4. The number of aliphatic hydroxyl groups excluding tert-OH is 1. The monoisotopic (exact) mass is 417 g/mol. The van der Waals surface area contributed by atoms with Crippen LogP contribution in [0.15, 0.2) is 66.7 Å². The molecule has 0 spiro atoms. The van der Waals surface area contributed by atoms with Crippen molar-refractivity contribution in [1.29, 1.82) is 0 Å². The van der Waals surface area contributed by atoms with Crippen LogP contribution in [-0.2, 0) is 6.54 Å². The Kier molecular flexibility index (Phi) is 6.90. The number of benzene rings is 3. The van der Waals surface area contributed by atoms with Gasteiger partial charge in [-0.15, -0.1) is 0 Å². The number of ether oxygens (including phenoxy) is 2. The highest BCUT2D eigenvalue weighted by Crippen LogP contribution is 2.43. The summed E-state index contributed by atoms with van der Waals surface area (Å²) in [7, 11) is 0. The van der Waals surface area contributed by atoms with Gasteiger partial charge in [-0.1, -0.05) is 54.6 Å². The van der Waals surface area contributed by atoms with Crippen molar-refractivity contribution in [3.63, 3.8) is 0 Å².